The first-order chi connectivity index (χ1) is 14.9. The summed E-state index contributed by atoms with van der Waals surface area (Å²) >= 11 is 0. The Hall–Kier alpha value is -3.23. The Morgan fingerprint density at radius 2 is 1.87 bits per heavy atom. The molecule has 1 aromatic heterocycles. The fourth-order valence-corrected chi connectivity index (χ4v) is 3.93. The van der Waals surface area contributed by atoms with Crippen molar-refractivity contribution in [3.63, 3.8) is 0 Å². The molecule has 2 aromatic carbocycles. The molecule has 0 radical (unpaired) electrons. The van der Waals surface area contributed by atoms with Crippen LogP contribution in [0.1, 0.15) is 36.8 Å². The average Bonchev–Trinajstić information content (AvgIpc) is 3.07. The van der Waals surface area contributed by atoms with E-state index in [1.807, 2.05) is 11.0 Å². The Morgan fingerprint density at radius 1 is 1.10 bits per heavy atom. The number of alkyl halides is 3. The highest BCUT2D eigenvalue weighted by atomic mass is 19.4. The second kappa shape index (κ2) is 8.87. The lowest BCUT2D eigenvalue weighted by molar-refractivity contribution is -0.137. The molecule has 6 nitrogen and oxygen atoms in total. The zero-order valence-corrected chi connectivity index (χ0v) is 16.9. The molecule has 1 fully saturated rings. The Bertz CT molecular complexity index is 1050. The topological polar surface area (TPSA) is 73.1 Å². The third-order valence-corrected chi connectivity index (χ3v) is 5.50. The van der Waals surface area contributed by atoms with Crippen LogP contribution >= 0.6 is 0 Å². The van der Waals surface area contributed by atoms with Crippen LogP contribution in [-0.4, -0.2) is 29.3 Å². The number of benzene rings is 2. The van der Waals surface area contributed by atoms with Gasteiger partial charge >= 0.3 is 12.2 Å². The number of carbonyl (C=O) groups excluding carboxylic acids is 1. The number of anilines is 2. The quantitative estimate of drug-likeness (QED) is 0.526. The van der Waals surface area contributed by atoms with Crippen molar-refractivity contribution in [2.24, 2.45) is 0 Å². The lowest BCUT2D eigenvalue weighted by atomic mass is 10.1. The molecule has 1 aliphatic rings. The molecule has 4 rings (SSSR count). The molecule has 2 heterocycles. The lowest BCUT2D eigenvalue weighted by Crippen LogP contribution is -2.29. The second-order valence-electron chi connectivity index (χ2n) is 7.70. The number of amides is 2. The van der Waals surface area contributed by atoms with Crippen LogP contribution in [0.3, 0.4) is 0 Å². The van der Waals surface area contributed by atoms with Gasteiger partial charge in [-0.15, -0.1) is 0 Å². The van der Waals surface area contributed by atoms with Crippen LogP contribution in [0.5, 0.6) is 0 Å². The molecule has 31 heavy (non-hydrogen) atoms. The van der Waals surface area contributed by atoms with Gasteiger partial charge in [0.15, 0.2) is 0 Å². The van der Waals surface area contributed by atoms with E-state index in [9.17, 15) is 18.0 Å². The summed E-state index contributed by atoms with van der Waals surface area (Å²) in [5, 5.41) is 12.9. The molecule has 0 spiro atoms. The molecule has 0 bridgehead atoms. The van der Waals surface area contributed by atoms with E-state index in [2.05, 4.69) is 20.8 Å². The van der Waals surface area contributed by atoms with Crippen molar-refractivity contribution >= 4 is 28.3 Å². The number of hydrogen-bond acceptors (Lipinski definition) is 3. The summed E-state index contributed by atoms with van der Waals surface area (Å²) in [6.45, 7) is 1.24. The van der Waals surface area contributed by atoms with Gasteiger partial charge in [-0.1, -0.05) is 25.0 Å². The number of carbonyl (C=O) groups is 1. The molecule has 3 aromatic rings. The maximum absolute atomic E-state index is 13.8. The zero-order valence-electron chi connectivity index (χ0n) is 16.9. The Morgan fingerprint density at radius 3 is 2.61 bits per heavy atom. The van der Waals surface area contributed by atoms with Gasteiger partial charge in [0.1, 0.15) is 0 Å². The first kappa shape index (κ1) is 21.0. The van der Waals surface area contributed by atoms with E-state index in [1.165, 1.54) is 6.07 Å². The largest absolute Gasteiger partial charge is 0.418 e. The third-order valence-electron chi connectivity index (χ3n) is 5.50. The van der Waals surface area contributed by atoms with E-state index in [-0.39, 0.29) is 12.2 Å². The first-order valence-electron chi connectivity index (χ1n) is 10.3. The number of urea groups is 1. The van der Waals surface area contributed by atoms with E-state index in [0.717, 1.165) is 42.7 Å². The van der Waals surface area contributed by atoms with Crippen molar-refractivity contribution in [1.82, 2.24) is 15.5 Å². The van der Waals surface area contributed by atoms with Crippen LogP contribution in [0.4, 0.5) is 29.3 Å². The van der Waals surface area contributed by atoms with Crippen LogP contribution in [0.2, 0.25) is 0 Å². The molecule has 3 N–H and O–H groups in total. The molecule has 0 unspecified atom stereocenters. The van der Waals surface area contributed by atoms with E-state index in [1.54, 1.807) is 24.4 Å². The lowest BCUT2D eigenvalue weighted by Gasteiger charge is -2.26. The van der Waals surface area contributed by atoms with Crippen LogP contribution in [0.15, 0.2) is 42.6 Å². The zero-order chi connectivity index (χ0) is 21.8. The summed E-state index contributed by atoms with van der Waals surface area (Å²) in [6, 6.07) is 9.14. The smallest absolute Gasteiger partial charge is 0.371 e. The van der Waals surface area contributed by atoms with Gasteiger partial charge in [0.2, 0.25) is 0 Å². The minimum Gasteiger partial charge on any atom is -0.371 e. The van der Waals surface area contributed by atoms with Crippen LogP contribution in [0, 0.1) is 0 Å². The molecule has 1 aliphatic heterocycles. The number of nitrogens with zero attached hydrogens (tertiary/aromatic N) is 2. The van der Waals surface area contributed by atoms with E-state index in [0.29, 0.717) is 24.3 Å². The SMILES string of the molecule is O=C(NCc1ccc(N2CCCCCC2)c(C(F)(F)F)c1)Nc1cccc2[nH]ncc12. The third kappa shape index (κ3) is 4.92. The van der Waals surface area contributed by atoms with Crippen molar-refractivity contribution in [2.45, 2.75) is 38.4 Å². The standard InChI is InChI=1S/C22H24F3N5O/c23-22(24,25)17-12-15(8-9-20(17)30-10-3-1-2-4-11-30)13-26-21(31)28-18-6-5-7-19-16(18)14-27-29-19/h5-9,12,14H,1-4,10-11,13H2,(H,27,29)(H2,26,28,31). The summed E-state index contributed by atoms with van der Waals surface area (Å²) < 4.78 is 41.3. The number of rotatable bonds is 4. The van der Waals surface area contributed by atoms with E-state index < -0.39 is 17.8 Å². The second-order valence-corrected chi connectivity index (χ2v) is 7.70. The Balaban J connectivity index is 1.46. The first-order valence-corrected chi connectivity index (χ1v) is 10.3. The number of fused-ring (bicyclic) bond motifs is 1. The highest BCUT2D eigenvalue weighted by Gasteiger charge is 2.35. The predicted octanol–water partition coefficient (Wildman–Crippen LogP) is 5.28. The Labute approximate surface area is 177 Å². The molecule has 2 amide bonds. The maximum Gasteiger partial charge on any atom is 0.418 e. The summed E-state index contributed by atoms with van der Waals surface area (Å²) in [5.41, 5.74) is 1.29. The highest BCUT2D eigenvalue weighted by Crippen LogP contribution is 2.38. The summed E-state index contributed by atoms with van der Waals surface area (Å²) in [6.07, 6.45) is 1.01. The van der Waals surface area contributed by atoms with Crippen molar-refractivity contribution in [2.75, 3.05) is 23.3 Å². The molecule has 1 saturated heterocycles. The monoisotopic (exact) mass is 431 g/mol. The summed E-state index contributed by atoms with van der Waals surface area (Å²) in [5.74, 6) is 0. The van der Waals surface area contributed by atoms with Gasteiger partial charge in [0.05, 0.1) is 23.0 Å². The molecule has 0 aliphatic carbocycles. The van der Waals surface area contributed by atoms with Gasteiger partial charge in [-0.25, -0.2) is 4.79 Å². The van der Waals surface area contributed by atoms with Gasteiger partial charge in [-0.3, -0.25) is 5.10 Å². The Kier molecular flexibility index (Phi) is 6.01. The number of aromatic nitrogens is 2. The van der Waals surface area contributed by atoms with Crippen LogP contribution in [-0.2, 0) is 12.7 Å². The number of H-pyrrole nitrogens is 1. The van der Waals surface area contributed by atoms with Gasteiger partial charge in [0, 0.05) is 30.7 Å². The van der Waals surface area contributed by atoms with Crippen molar-refractivity contribution in [3.8, 4) is 0 Å². The summed E-state index contributed by atoms with van der Waals surface area (Å²) in [7, 11) is 0. The van der Waals surface area contributed by atoms with Gasteiger partial charge < -0.3 is 15.5 Å². The van der Waals surface area contributed by atoms with Crippen molar-refractivity contribution in [3.05, 3.63) is 53.7 Å². The van der Waals surface area contributed by atoms with Crippen molar-refractivity contribution in [1.29, 1.82) is 0 Å². The number of nitrogens with one attached hydrogen (secondary N) is 3. The maximum atomic E-state index is 13.8. The van der Waals surface area contributed by atoms with Crippen molar-refractivity contribution < 1.29 is 18.0 Å². The fraction of sp³-hybridized carbons (Fsp3) is 0.364. The molecule has 0 saturated carbocycles. The molecular formula is C22H24F3N5O. The predicted molar refractivity (Wildman–Crippen MR) is 114 cm³/mol. The average molecular weight is 431 g/mol. The minimum absolute atomic E-state index is 0.0173. The number of aromatic amines is 1. The molecule has 0 atom stereocenters. The minimum atomic E-state index is -4.46. The molecule has 164 valence electrons. The summed E-state index contributed by atoms with van der Waals surface area (Å²) in [4.78, 5) is 14.1. The van der Waals surface area contributed by atoms with Gasteiger partial charge in [-0.05, 0) is 42.7 Å². The fourth-order valence-electron chi connectivity index (χ4n) is 3.93. The molecular weight excluding hydrogens is 407 g/mol. The van der Waals surface area contributed by atoms with E-state index >= 15 is 0 Å². The normalized spacial score (nSPS) is 15.0. The molecule has 9 heteroatoms. The number of hydrogen-bond donors (Lipinski definition) is 3. The highest BCUT2D eigenvalue weighted by molar-refractivity contribution is 6.00. The van der Waals surface area contributed by atoms with Crippen LogP contribution in [0.25, 0.3) is 10.9 Å². The van der Waals surface area contributed by atoms with Crippen LogP contribution < -0.4 is 15.5 Å². The number of halogens is 3. The van der Waals surface area contributed by atoms with E-state index in [4.69, 9.17) is 0 Å². The van der Waals surface area contributed by atoms with Gasteiger partial charge in [-0.2, -0.15) is 18.3 Å². The van der Waals surface area contributed by atoms with Gasteiger partial charge in [0.25, 0.3) is 0 Å².